The number of hydrogen-bond donors (Lipinski definition) is 4. The predicted octanol–water partition coefficient (Wildman–Crippen LogP) is 0.244. The monoisotopic (exact) mass is 231 g/mol. The molecule has 1 aromatic heterocycles. The van der Waals surface area contributed by atoms with Crippen molar-refractivity contribution >= 4 is 11.3 Å². The summed E-state index contributed by atoms with van der Waals surface area (Å²) in [6.07, 6.45) is -1.12. The first kappa shape index (κ1) is 12.6. The van der Waals surface area contributed by atoms with E-state index in [9.17, 15) is 10.2 Å². The van der Waals surface area contributed by atoms with Crippen LogP contribution in [0.4, 0.5) is 0 Å². The molecule has 0 bridgehead atoms. The molecule has 0 radical (unpaired) electrons. The Morgan fingerprint density at radius 1 is 1.40 bits per heavy atom. The fraction of sp³-hybridized carbons (Fsp3) is 0.600. The van der Waals surface area contributed by atoms with E-state index in [4.69, 9.17) is 5.11 Å². The maximum absolute atomic E-state index is 9.78. The number of aliphatic hydroxyl groups is 3. The number of thiophene rings is 1. The van der Waals surface area contributed by atoms with Crippen LogP contribution in [0.1, 0.15) is 22.3 Å². The van der Waals surface area contributed by atoms with Gasteiger partial charge in [0.25, 0.3) is 0 Å². The molecule has 0 aliphatic carbocycles. The van der Waals surface area contributed by atoms with E-state index >= 15 is 0 Å². The second kappa shape index (κ2) is 6.19. The molecule has 2 unspecified atom stereocenters. The Bertz CT molecular complexity index is 290. The highest BCUT2D eigenvalue weighted by Crippen LogP contribution is 2.26. The van der Waals surface area contributed by atoms with E-state index in [0.717, 1.165) is 4.88 Å². The molecule has 15 heavy (non-hydrogen) atoms. The van der Waals surface area contributed by atoms with E-state index in [1.807, 2.05) is 0 Å². The largest absolute Gasteiger partial charge is 0.391 e. The molecule has 0 amide bonds. The summed E-state index contributed by atoms with van der Waals surface area (Å²) in [5.41, 5.74) is 0. The van der Waals surface area contributed by atoms with Gasteiger partial charge < -0.3 is 20.6 Å². The van der Waals surface area contributed by atoms with E-state index in [0.29, 0.717) is 17.8 Å². The van der Waals surface area contributed by atoms with Gasteiger partial charge in [0.2, 0.25) is 0 Å². The zero-order valence-electron chi connectivity index (χ0n) is 8.68. The number of rotatable bonds is 6. The Morgan fingerprint density at radius 3 is 2.67 bits per heavy atom. The van der Waals surface area contributed by atoms with Crippen molar-refractivity contribution in [2.24, 2.45) is 0 Å². The van der Waals surface area contributed by atoms with Crippen LogP contribution in [0.5, 0.6) is 0 Å². The predicted molar refractivity (Wildman–Crippen MR) is 59.8 cm³/mol. The van der Waals surface area contributed by atoms with Crippen molar-refractivity contribution in [1.29, 1.82) is 0 Å². The second-order valence-electron chi connectivity index (χ2n) is 3.37. The Balaban J connectivity index is 2.54. The quantitative estimate of drug-likeness (QED) is 0.566. The van der Waals surface area contributed by atoms with Crippen LogP contribution in [-0.2, 0) is 6.61 Å². The molecule has 1 rings (SSSR count). The van der Waals surface area contributed by atoms with Crippen LogP contribution < -0.4 is 5.32 Å². The van der Waals surface area contributed by atoms with Crippen LogP contribution >= 0.6 is 11.3 Å². The standard InChI is InChI=1S/C10H17NO3S/c1-11-5-4-8(13)10(14)9-3-2-7(6-12)15-9/h2-3,8,10-14H,4-6H2,1H3. The van der Waals surface area contributed by atoms with Crippen molar-refractivity contribution in [1.82, 2.24) is 5.32 Å². The lowest BCUT2D eigenvalue weighted by molar-refractivity contribution is 0.0161. The molecule has 0 fully saturated rings. The highest BCUT2D eigenvalue weighted by molar-refractivity contribution is 7.12. The fourth-order valence-electron chi connectivity index (χ4n) is 1.28. The van der Waals surface area contributed by atoms with Gasteiger partial charge in [0.1, 0.15) is 6.10 Å². The molecule has 0 saturated heterocycles. The van der Waals surface area contributed by atoms with Gasteiger partial charge in [0.05, 0.1) is 12.7 Å². The first-order valence-corrected chi connectivity index (χ1v) is 5.71. The SMILES string of the molecule is CNCCC(O)C(O)c1ccc(CO)s1. The average Bonchev–Trinajstić information content (AvgIpc) is 2.73. The minimum absolute atomic E-state index is 0.0238. The molecule has 0 aromatic carbocycles. The first-order chi connectivity index (χ1) is 7.19. The van der Waals surface area contributed by atoms with Crippen LogP contribution in [0, 0.1) is 0 Å². The summed E-state index contributed by atoms with van der Waals surface area (Å²) in [5, 5.41) is 31.2. The molecule has 2 atom stereocenters. The highest BCUT2D eigenvalue weighted by Gasteiger charge is 2.19. The summed E-state index contributed by atoms with van der Waals surface area (Å²) in [4.78, 5) is 1.49. The Kier molecular flexibility index (Phi) is 5.21. The molecule has 1 aromatic rings. The van der Waals surface area contributed by atoms with Gasteiger partial charge in [0, 0.05) is 9.75 Å². The van der Waals surface area contributed by atoms with Crippen molar-refractivity contribution in [2.45, 2.75) is 25.2 Å². The van der Waals surface area contributed by atoms with E-state index in [1.54, 1.807) is 19.2 Å². The van der Waals surface area contributed by atoms with Gasteiger partial charge in [-0.25, -0.2) is 0 Å². The van der Waals surface area contributed by atoms with Crippen molar-refractivity contribution in [2.75, 3.05) is 13.6 Å². The minimum atomic E-state index is -0.858. The van der Waals surface area contributed by atoms with Crippen LogP contribution in [0.3, 0.4) is 0 Å². The van der Waals surface area contributed by atoms with Crippen molar-refractivity contribution in [3.05, 3.63) is 21.9 Å². The van der Waals surface area contributed by atoms with E-state index < -0.39 is 12.2 Å². The van der Waals surface area contributed by atoms with E-state index in [-0.39, 0.29) is 6.61 Å². The summed E-state index contributed by atoms with van der Waals surface area (Å²) in [7, 11) is 1.80. The lowest BCUT2D eigenvalue weighted by Crippen LogP contribution is -2.22. The first-order valence-electron chi connectivity index (χ1n) is 4.89. The normalized spacial score (nSPS) is 15.2. The summed E-state index contributed by atoms with van der Waals surface area (Å²) in [6, 6.07) is 3.50. The van der Waals surface area contributed by atoms with Crippen molar-refractivity contribution < 1.29 is 15.3 Å². The Morgan fingerprint density at radius 2 is 2.13 bits per heavy atom. The maximum atomic E-state index is 9.78. The summed E-state index contributed by atoms with van der Waals surface area (Å²) >= 11 is 1.32. The molecule has 0 aliphatic heterocycles. The van der Waals surface area contributed by atoms with Crippen LogP contribution in [0.2, 0.25) is 0 Å². The third-order valence-electron chi connectivity index (χ3n) is 2.18. The summed E-state index contributed by atoms with van der Waals surface area (Å²) < 4.78 is 0. The van der Waals surface area contributed by atoms with Gasteiger partial charge in [-0.05, 0) is 32.1 Å². The summed E-state index contributed by atoms with van der Waals surface area (Å²) in [5.74, 6) is 0. The average molecular weight is 231 g/mol. The van der Waals surface area contributed by atoms with Crippen molar-refractivity contribution in [3.63, 3.8) is 0 Å². The van der Waals surface area contributed by atoms with Crippen LogP contribution in [-0.4, -0.2) is 35.0 Å². The van der Waals surface area contributed by atoms with E-state index in [1.165, 1.54) is 11.3 Å². The van der Waals surface area contributed by atoms with Gasteiger partial charge in [-0.3, -0.25) is 0 Å². The van der Waals surface area contributed by atoms with Gasteiger partial charge in [-0.2, -0.15) is 0 Å². The van der Waals surface area contributed by atoms with Gasteiger partial charge in [-0.15, -0.1) is 11.3 Å². The molecule has 4 nitrogen and oxygen atoms in total. The molecule has 0 aliphatic rings. The number of hydrogen-bond acceptors (Lipinski definition) is 5. The molecule has 86 valence electrons. The molecular formula is C10H17NO3S. The fourth-order valence-corrected chi connectivity index (χ4v) is 2.20. The maximum Gasteiger partial charge on any atom is 0.114 e. The molecule has 0 spiro atoms. The highest BCUT2D eigenvalue weighted by atomic mass is 32.1. The second-order valence-corrected chi connectivity index (χ2v) is 4.57. The molecule has 1 heterocycles. The Labute approximate surface area is 93.2 Å². The molecule has 5 heteroatoms. The van der Waals surface area contributed by atoms with Gasteiger partial charge in [-0.1, -0.05) is 0 Å². The van der Waals surface area contributed by atoms with E-state index in [2.05, 4.69) is 5.32 Å². The molecular weight excluding hydrogens is 214 g/mol. The van der Waals surface area contributed by atoms with Gasteiger partial charge in [0.15, 0.2) is 0 Å². The zero-order chi connectivity index (χ0) is 11.3. The third-order valence-corrected chi connectivity index (χ3v) is 3.32. The molecule has 0 saturated carbocycles. The lowest BCUT2D eigenvalue weighted by atomic mass is 10.1. The van der Waals surface area contributed by atoms with Crippen LogP contribution in [0.15, 0.2) is 12.1 Å². The number of aliphatic hydroxyl groups excluding tert-OH is 3. The zero-order valence-corrected chi connectivity index (χ0v) is 9.50. The summed E-state index contributed by atoms with van der Waals surface area (Å²) in [6.45, 7) is 0.639. The number of nitrogens with one attached hydrogen (secondary N) is 1. The van der Waals surface area contributed by atoms with Crippen molar-refractivity contribution in [3.8, 4) is 0 Å². The minimum Gasteiger partial charge on any atom is -0.391 e. The third kappa shape index (κ3) is 3.55. The topological polar surface area (TPSA) is 72.7 Å². The Hall–Kier alpha value is -0.460. The molecule has 4 N–H and O–H groups in total. The lowest BCUT2D eigenvalue weighted by Gasteiger charge is -2.16. The van der Waals surface area contributed by atoms with Gasteiger partial charge >= 0.3 is 0 Å². The smallest absolute Gasteiger partial charge is 0.114 e. The van der Waals surface area contributed by atoms with Crippen LogP contribution in [0.25, 0.3) is 0 Å².